The molecule has 4 heteroatoms. The van der Waals surface area contributed by atoms with E-state index in [1.165, 1.54) is 5.56 Å². The minimum Gasteiger partial charge on any atom is -0.484 e. The Hall–Kier alpha value is -2.62. The lowest BCUT2D eigenvalue weighted by molar-refractivity contribution is -0.130. The van der Waals surface area contributed by atoms with Gasteiger partial charge in [-0.25, -0.2) is 0 Å². The van der Waals surface area contributed by atoms with E-state index in [2.05, 4.69) is 0 Å². The monoisotopic (exact) mass is 335 g/mol. The molecule has 1 amide bonds. The molecule has 0 bridgehead atoms. The van der Waals surface area contributed by atoms with E-state index in [0.717, 1.165) is 6.42 Å². The minimum absolute atomic E-state index is 0.112. The largest absolute Gasteiger partial charge is 0.484 e. The van der Waals surface area contributed by atoms with Gasteiger partial charge in [-0.05, 0) is 24.1 Å². The van der Waals surface area contributed by atoms with Gasteiger partial charge in [-0.15, -0.1) is 0 Å². The lowest BCUT2D eigenvalue weighted by atomic mass is 9.89. The first kappa shape index (κ1) is 15.9. The van der Waals surface area contributed by atoms with Gasteiger partial charge < -0.3 is 9.64 Å². The highest BCUT2D eigenvalue weighted by Crippen LogP contribution is 2.38. The Morgan fingerprint density at radius 1 is 1.08 bits per heavy atom. The Kier molecular flexibility index (Phi) is 4.04. The van der Waals surface area contributed by atoms with Gasteiger partial charge in [-0.1, -0.05) is 42.5 Å². The first-order valence-electron chi connectivity index (χ1n) is 8.78. The smallest absolute Gasteiger partial charge is 0.223 e. The van der Waals surface area contributed by atoms with E-state index < -0.39 is 5.60 Å². The van der Waals surface area contributed by atoms with Crippen LogP contribution in [0.5, 0.6) is 5.75 Å². The molecule has 1 spiro atoms. The Balaban J connectivity index is 1.41. The lowest BCUT2D eigenvalue weighted by Crippen LogP contribution is -2.45. The standard InChI is InChI=1S/C21H21NO3/c23-18-14-21(25-19-9-5-4-8-17(18)19)12-13-22(15-21)20(24)11-10-16-6-2-1-3-7-16/h1-9H,10-15H2. The number of fused-ring (bicyclic) bond motifs is 1. The van der Waals surface area contributed by atoms with Crippen molar-refractivity contribution < 1.29 is 14.3 Å². The maximum Gasteiger partial charge on any atom is 0.223 e. The zero-order valence-corrected chi connectivity index (χ0v) is 14.1. The highest BCUT2D eigenvalue weighted by atomic mass is 16.5. The number of ketones is 1. The summed E-state index contributed by atoms with van der Waals surface area (Å²) in [5.41, 5.74) is 1.28. The van der Waals surface area contributed by atoms with Crippen LogP contribution < -0.4 is 4.74 Å². The second kappa shape index (κ2) is 6.36. The van der Waals surface area contributed by atoms with Gasteiger partial charge in [0.15, 0.2) is 5.78 Å². The summed E-state index contributed by atoms with van der Waals surface area (Å²) in [6.07, 6.45) is 2.30. The van der Waals surface area contributed by atoms with Gasteiger partial charge in [0, 0.05) is 19.4 Å². The van der Waals surface area contributed by atoms with Gasteiger partial charge >= 0.3 is 0 Å². The number of Topliss-reactive ketones (excluding diaryl/α,β-unsaturated/α-hetero) is 1. The molecule has 0 aliphatic carbocycles. The molecule has 0 N–H and O–H groups in total. The van der Waals surface area contributed by atoms with Crippen LogP contribution in [0.2, 0.25) is 0 Å². The molecule has 1 unspecified atom stereocenters. The number of aryl methyl sites for hydroxylation is 1. The van der Waals surface area contributed by atoms with Gasteiger partial charge in [-0.3, -0.25) is 9.59 Å². The zero-order chi connectivity index (χ0) is 17.3. The van der Waals surface area contributed by atoms with Crippen LogP contribution in [0.25, 0.3) is 0 Å². The van der Waals surface area contributed by atoms with Crippen molar-refractivity contribution in [3.8, 4) is 5.75 Å². The summed E-state index contributed by atoms with van der Waals surface area (Å²) in [7, 11) is 0. The third-order valence-corrected chi connectivity index (χ3v) is 5.14. The van der Waals surface area contributed by atoms with Crippen LogP contribution in [0.3, 0.4) is 0 Å². The topological polar surface area (TPSA) is 46.6 Å². The molecule has 2 aromatic rings. The SMILES string of the molecule is O=C1CC2(CCN(C(=O)CCc3ccccc3)C2)Oc2ccccc21. The number of carbonyl (C=O) groups is 2. The summed E-state index contributed by atoms with van der Waals surface area (Å²) in [6.45, 7) is 1.16. The molecule has 2 aliphatic rings. The predicted molar refractivity (Wildman–Crippen MR) is 94.7 cm³/mol. The van der Waals surface area contributed by atoms with E-state index in [4.69, 9.17) is 4.74 Å². The van der Waals surface area contributed by atoms with Crippen molar-refractivity contribution in [2.45, 2.75) is 31.3 Å². The van der Waals surface area contributed by atoms with Crippen molar-refractivity contribution in [1.29, 1.82) is 0 Å². The van der Waals surface area contributed by atoms with E-state index in [0.29, 0.717) is 43.7 Å². The Morgan fingerprint density at radius 3 is 2.68 bits per heavy atom. The van der Waals surface area contributed by atoms with Crippen LogP contribution >= 0.6 is 0 Å². The van der Waals surface area contributed by atoms with Gasteiger partial charge in [0.2, 0.25) is 5.91 Å². The second-order valence-electron chi connectivity index (χ2n) is 6.93. The average molecular weight is 335 g/mol. The van der Waals surface area contributed by atoms with Crippen molar-refractivity contribution in [2.24, 2.45) is 0 Å². The number of amides is 1. The third kappa shape index (κ3) is 3.16. The number of ether oxygens (including phenoxy) is 1. The van der Waals surface area contributed by atoms with Gasteiger partial charge in [0.1, 0.15) is 11.4 Å². The highest BCUT2D eigenvalue weighted by molar-refractivity contribution is 6.00. The third-order valence-electron chi connectivity index (χ3n) is 5.14. The fourth-order valence-corrected chi connectivity index (χ4v) is 3.78. The number of likely N-dealkylation sites (tertiary alicyclic amines) is 1. The summed E-state index contributed by atoms with van der Waals surface area (Å²) in [4.78, 5) is 26.9. The molecule has 128 valence electrons. The van der Waals surface area contributed by atoms with E-state index >= 15 is 0 Å². The first-order chi connectivity index (χ1) is 12.2. The molecule has 0 radical (unpaired) electrons. The normalized spacial score (nSPS) is 21.9. The van der Waals surface area contributed by atoms with Gasteiger partial charge in [0.05, 0.1) is 18.5 Å². The molecule has 2 aromatic carbocycles. The van der Waals surface area contributed by atoms with Gasteiger partial charge in [-0.2, -0.15) is 0 Å². The summed E-state index contributed by atoms with van der Waals surface area (Å²) in [5, 5.41) is 0. The zero-order valence-electron chi connectivity index (χ0n) is 14.1. The molecular formula is C21H21NO3. The minimum atomic E-state index is -0.548. The number of para-hydroxylation sites is 1. The summed E-state index contributed by atoms with van der Waals surface area (Å²) < 4.78 is 6.18. The van der Waals surface area contributed by atoms with Crippen molar-refractivity contribution >= 4 is 11.7 Å². The molecule has 0 saturated carbocycles. The maximum absolute atomic E-state index is 12.6. The molecule has 1 saturated heterocycles. The number of nitrogens with zero attached hydrogens (tertiary/aromatic N) is 1. The highest BCUT2D eigenvalue weighted by Gasteiger charge is 2.46. The van der Waals surface area contributed by atoms with Crippen LogP contribution in [0.1, 0.15) is 35.2 Å². The van der Waals surface area contributed by atoms with Crippen LogP contribution in [0.15, 0.2) is 54.6 Å². The average Bonchev–Trinajstić information content (AvgIpc) is 3.04. The molecule has 4 rings (SSSR count). The van der Waals surface area contributed by atoms with Crippen LogP contribution in [-0.2, 0) is 11.2 Å². The summed E-state index contributed by atoms with van der Waals surface area (Å²) in [5.74, 6) is 0.897. The number of carbonyl (C=O) groups excluding carboxylic acids is 2. The number of hydrogen-bond acceptors (Lipinski definition) is 3. The Morgan fingerprint density at radius 2 is 1.84 bits per heavy atom. The van der Waals surface area contributed by atoms with Crippen LogP contribution in [-0.4, -0.2) is 35.3 Å². The second-order valence-corrected chi connectivity index (χ2v) is 6.93. The molecule has 1 fully saturated rings. The maximum atomic E-state index is 12.6. The number of hydrogen-bond donors (Lipinski definition) is 0. The van der Waals surface area contributed by atoms with Gasteiger partial charge in [0.25, 0.3) is 0 Å². The van der Waals surface area contributed by atoms with Crippen LogP contribution in [0, 0.1) is 0 Å². The van der Waals surface area contributed by atoms with E-state index in [-0.39, 0.29) is 11.7 Å². The quantitative estimate of drug-likeness (QED) is 0.865. The molecule has 0 aromatic heterocycles. The number of benzene rings is 2. The molecule has 4 nitrogen and oxygen atoms in total. The molecular weight excluding hydrogens is 314 g/mol. The van der Waals surface area contributed by atoms with Crippen molar-refractivity contribution in [3.63, 3.8) is 0 Å². The van der Waals surface area contributed by atoms with Crippen molar-refractivity contribution in [1.82, 2.24) is 4.90 Å². The molecule has 1 atom stereocenters. The van der Waals surface area contributed by atoms with E-state index in [1.807, 2.05) is 59.5 Å². The molecule has 25 heavy (non-hydrogen) atoms. The van der Waals surface area contributed by atoms with E-state index in [1.54, 1.807) is 0 Å². The Labute approximate surface area is 147 Å². The van der Waals surface area contributed by atoms with Crippen molar-refractivity contribution in [2.75, 3.05) is 13.1 Å². The molecule has 2 aliphatic heterocycles. The fraction of sp³-hybridized carbons (Fsp3) is 0.333. The number of rotatable bonds is 3. The Bertz CT molecular complexity index is 802. The predicted octanol–water partition coefficient (Wildman–Crippen LogP) is 3.26. The summed E-state index contributed by atoms with van der Waals surface area (Å²) in [6, 6.07) is 17.4. The first-order valence-corrected chi connectivity index (χ1v) is 8.78. The fourth-order valence-electron chi connectivity index (χ4n) is 3.78. The van der Waals surface area contributed by atoms with E-state index in [9.17, 15) is 9.59 Å². The van der Waals surface area contributed by atoms with Crippen LogP contribution in [0.4, 0.5) is 0 Å². The summed E-state index contributed by atoms with van der Waals surface area (Å²) >= 11 is 0. The molecule has 2 heterocycles. The lowest BCUT2D eigenvalue weighted by Gasteiger charge is -2.34. The van der Waals surface area contributed by atoms with Crippen molar-refractivity contribution in [3.05, 3.63) is 65.7 Å².